The highest BCUT2D eigenvalue weighted by Crippen LogP contribution is 2.27. The van der Waals surface area contributed by atoms with E-state index in [9.17, 15) is 4.79 Å². The zero-order valence-corrected chi connectivity index (χ0v) is 11.2. The molecule has 2 unspecified atom stereocenters. The van der Waals surface area contributed by atoms with Crippen LogP contribution in [0.2, 0.25) is 0 Å². The number of anilines is 1. The number of benzene rings is 1. The Kier molecular flexibility index (Phi) is 4.07. The minimum atomic E-state index is -0.0665. The van der Waals surface area contributed by atoms with Gasteiger partial charge >= 0.3 is 0 Å². The van der Waals surface area contributed by atoms with Gasteiger partial charge in [-0.2, -0.15) is 5.10 Å². The van der Waals surface area contributed by atoms with Crippen molar-refractivity contribution in [1.82, 2.24) is 10.2 Å². The number of para-hydroxylation sites is 1. The lowest BCUT2D eigenvalue weighted by Crippen LogP contribution is -2.34. The summed E-state index contributed by atoms with van der Waals surface area (Å²) in [6.07, 6.45) is 4.60. The summed E-state index contributed by atoms with van der Waals surface area (Å²) in [5.74, 6) is -0.0507. The summed E-state index contributed by atoms with van der Waals surface area (Å²) < 4.78 is 0. The molecule has 0 saturated heterocycles. The molecule has 0 radical (unpaired) electrons. The summed E-state index contributed by atoms with van der Waals surface area (Å²) in [6.45, 7) is 0. The summed E-state index contributed by atoms with van der Waals surface area (Å²) in [5.41, 5.74) is 7.58. The van der Waals surface area contributed by atoms with Gasteiger partial charge in [-0.25, -0.2) is 0 Å². The molecule has 1 amide bonds. The normalized spacial score (nSPS) is 22.2. The number of nitrogens with one attached hydrogen (secondary N) is 2. The van der Waals surface area contributed by atoms with Crippen molar-refractivity contribution in [3.05, 3.63) is 24.4 Å². The molecule has 2 atom stereocenters. The molecule has 2 aromatic rings. The third kappa shape index (κ3) is 2.57. The van der Waals surface area contributed by atoms with Crippen LogP contribution in [-0.2, 0) is 4.79 Å². The number of carbonyl (C=O) groups is 1. The van der Waals surface area contributed by atoms with E-state index in [2.05, 4.69) is 15.5 Å². The minimum absolute atomic E-state index is 0. The minimum Gasteiger partial charge on any atom is -0.327 e. The van der Waals surface area contributed by atoms with Crippen LogP contribution in [0.15, 0.2) is 24.4 Å². The number of fused-ring (bicyclic) bond motifs is 1. The number of carbonyl (C=O) groups excluding carboxylic acids is 1. The van der Waals surface area contributed by atoms with Crippen LogP contribution in [0, 0.1) is 5.92 Å². The second-order valence-corrected chi connectivity index (χ2v) is 4.83. The number of nitrogens with two attached hydrogens (primary N) is 1. The molecular weight excluding hydrogens is 264 g/mol. The largest absolute Gasteiger partial charge is 0.327 e. The quantitative estimate of drug-likeness (QED) is 0.787. The molecule has 4 N–H and O–H groups in total. The van der Waals surface area contributed by atoms with Crippen LogP contribution in [0.4, 0.5) is 5.69 Å². The van der Waals surface area contributed by atoms with Crippen LogP contribution >= 0.6 is 12.4 Å². The maximum absolute atomic E-state index is 12.2. The number of hydrogen-bond donors (Lipinski definition) is 3. The van der Waals surface area contributed by atoms with Gasteiger partial charge in [0, 0.05) is 11.4 Å². The highest BCUT2D eigenvalue weighted by Gasteiger charge is 2.30. The molecule has 6 heteroatoms. The van der Waals surface area contributed by atoms with Crippen molar-refractivity contribution in [3.63, 3.8) is 0 Å². The number of H-pyrrole nitrogens is 1. The van der Waals surface area contributed by atoms with Crippen LogP contribution in [0.5, 0.6) is 0 Å². The standard InChI is InChI=1S/C13H16N4O.ClH/c14-10-5-2-4-9(10)13(18)16-11-6-1-3-8-7-15-17-12(8)11;/h1,3,6-7,9-10H,2,4-5,14H2,(H,15,17)(H,16,18);1H. The second-order valence-electron chi connectivity index (χ2n) is 4.83. The first-order valence-electron chi connectivity index (χ1n) is 6.24. The molecule has 1 aliphatic carbocycles. The van der Waals surface area contributed by atoms with Crippen LogP contribution in [0.25, 0.3) is 10.9 Å². The molecule has 1 aromatic carbocycles. The maximum Gasteiger partial charge on any atom is 0.229 e. The van der Waals surface area contributed by atoms with Crippen molar-refractivity contribution in [2.45, 2.75) is 25.3 Å². The van der Waals surface area contributed by atoms with E-state index in [4.69, 9.17) is 5.73 Å². The van der Waals surface area contributed by atoms with E-state index in [1.807, 2.05) is 18.2 Å². The molecule has 3 rings (SSSR count). The Hall–Kier alpha value is -1.59. The Balaban J connectivity index is 0.00000133. The Morgan fingerprint density at radius 1 is 1.42 bits per heavy atom. The molecule has 1 saturated carbocycles. The molecule has 102 valence electrons. The summed E-state index contributed by atoms with van der Waals surface area (Å²) in [6, 6.07) is 5.72. The third-order valence-electron chi connectivity index (χ3n) is 3.64. The molecule has 5 nitrogen and oxygen atoms in total. The lowest BCUT2D eigenvalue weighted by molar-refractivity contribution is -0.120. The molecule has 1 aromatic heterocycles. The van der Waals surface area contributed by atoms with Crippen LogP contribution in [-0.4, -0.2) is 22.1 Å². The monoisotopic (exact) mass is 280 g/mol. The predicted molar refractivity (Wildman–Crippen MR) is 77.3 cm³/mol. The van der Waals surface area contributed by atoms with Gasteiger partial charge in [0.15, 0.2) is 0 Å². The van der Waals surface area contributed by atoms with Gasteiger partial charge < -0.3 is 11.1 Å². The van der Waals surface area contributed by atoms with Crippen molar-refractivity contribution >= 4 is 34.9 Å². The second kappa shape index (κ2) is 5.59. The van der Waals surface area contributed by atoms with E-state index in [1.165, 1.54) is 0 Å². The smallest absolute Gasteiger partial charge is 0.229 e. The van der Waals surface area contributed by atoms with E-state index in [1.54, 1.807) is 6.20 Å². The summed E-state index contributed by atoms with van der Waals surface area (Å²) in [5, 5.41) is 10.8. The molecule has 0 spiro atoms. The van der Waals surface area contributed by atoms with Gasteiger partial charge in [0.2, 0.25) is 5.91 Å². The van der Waals surface area contributed by atoms with E-state index in [-0.39, 0.29) is 30.3 Å². The lowest BCUT2D eigenvalue weighted by atomic mass is 10.0. The molecule has 1 fully saturated rings. The van der Waals surface area contributed by atoms with Crippen molar-refractivity contribution < 1.29 is 4.79 Å². The number of amides is 1. The van der Waals surface area contributed by atoms with Crippen LogP contribution in [0.3, 0.4) is 0 Å². The first-order chi connectivity index (χ1) is 8.75. The van der Waals surface area contributed by atoms with Gasteiger partial charge in [0.05, 0.1) is 23.3 Å². The van der Waals surface area contributed by atoms with E-state index in [0.29, 0.717) is 0 Å². The third-order valence-corrected chi connectivity index (χ3v) is 3.64. The number of rotatable bonds is 2. The number of aromatic nitrogens is 2. The van der Waals surface area contributed by atoms with Crippen molar-refractivity contribution in [2.75, 3.05) is 5.32 Å². The summed E-state index contributed by atoms with van der Waals surface area (Å²) in [7, 11) is 0. The van der Waals surface area contributed by atoms with Gasteiger partial charge in [-0.05, 0) is 18.9 Å². The van der Waals surface area contributed by atoms with Gasteiger partial charge in [-0.15, -0.1) is 12.4 Å². The fourth-order valence-electron chi connectivity index (χ4n) is 2.61. The van der Waals surface area contributed by atoms with E-state index < -0.39 is 0 Å². The molecule has 1 heterocycles. The average Bonchev–Trinajstić information content (AvgIpc) is 2.97. The topological polar surface area (TPSA) is 83.8 Å². The average molecular weight is 281 g/mol. The van der Waals surface area contributed by atoms with Crippen molar-refractivity contribution in [2.24, 2.45) is 11.7 Å². The van der Waals surface area contributed by atoms with Gasteiger partial charge in [0.1, 0.15) is 0 Å². The van der Waals surface area contributed by atoms with E-state index >= 15 is 0 Å². The van der Waals surface area contributed by atoms with E-state index in [0.717, 1.165) is 35.9 Å². The fraction of sp³-hybridized carbons (Fsp3) is 0.385. The first-order valence-corrected chi connectivity index (χ1v) is 6.24. The maximum atomic E-state index is 12.2. The zero-order chi connectivity index (χ0) is 12.5. The number of aromatic amines is 1. The Bertz CT molecular complexity index is 583. The van der Waals surface area contributed by atoms with Crippen molar-refractivity contribution in [3.8, 4) is 0 Å². The molecular formula is C13H17ClN4O. The van der Waals surface area contributed by atoms with Crippen molar-refractivity contribution in [1.29, 1.82) is 0 Å². The highest BCUT2D eigenvalue weighted by molar-refractivity contribution is 6.01. The van der Waals surface area contributed by atoms with Crippen LogP contribution < -0.4 is 11.1 Å². The fourth-order valence-corrected chi connectivity index (χ4v) is 2.61. The molecule has 19 heavy (non-hydrogen) atoms. The summed E-state index contributed by atoms with van der Waals surface area (Å²) >= 11 is 0. The number of hydrogen-bond acceptors (Lipinski definition) is 3. The molecule has 0 bridgehead atoms. The zero-order valence-electron chi connectivity index (χ0n) is 10.4. The highest BCUT2D eigenvalue weighted by atomic mass is 35.5. The van der Waals surface area contributed by atoms with Gasteiger partial charge in [-0.1, -0.05) is 18.6 Å². The summed E-state index contributed by atoms with van der Waals surface area (Å²) in [4.78, 5) is 12.2. The van der Waals surface area contributed by atoms with Gasteiger partial charge in [0.25, 0.3) is 0 Å². The van der Waals surface area contributed by atoms with Gasteiger partial charge in [-0.3, -0.25) is 9.89 Å². The Labute approximate surface area is 117 Å². The molecule has 0 aliphatic heterocycles. The SMILES string of the molecule is Cl.NC1CCCC1C(=O)Nc1cccc2cn[nH]c12. The molecule has 1 aliphatic rings. The van der Waals surface area contributed by atoms with Crippen LogP contribution in [0.1, 0.15) is 19.3 Å². The number of halogens is 1. The first kappa shape index (κ1) is 13.8. The number of nitrogens with zero attached hydrogens (tertiary/aromatic N) is 1. The Morgan fingerprint density at radius 2 is 2.26 bits per heavy atom. The predicted octanol–water partition coefficient (Wildman–Crippen LogP) is 2.05. The lowest BCUT2D eigenvalue weighted by Gasteiger charge is -2.15. The Morgan fingerprint density at radius 3 is 3.00 bits per heavy atom.